The minimum atomic E-state index is -0.234. The normalized spacial score (nSPS) is 32.1. The van der Waals surface area contributed by atoms with Crippen LogP contribution < -0.4 is 0 Å². The van der Waals surface area contributed by atoms with Gasteiger partial charge in [0, 0.05) is 33.3 Å². The lowest BCUT2D eigenvalue weighted by molar-refractivity contribution is -0.229. The number of ether oxygens (including phenoxy) is 5. The average molecular weight is 328 g/mol. The molecule has 1 aliphatic rings. The Bertz CT molecular complexity index is 430. The SMILES string of the molecule is COC[C@H]1O[C@H](Sc2ccccc2)[C@H](OC)[C@@H](OC)[C@@H]1OC. The van der Waals surface area contributed by atoms with E-state index in [1.54, 1.807) is 40.2 Å². The number of hydrogen-bond donors (Lipinski definition) is 0. The molecule has 0 aliphatic carbocycles. The average Bonchev–Trinajstić information content (AvgIpc) is 2.55. The van der Waals surface area contributed by atoms with Crippen LogP contribution in [0.5, 0.6) is 0 Å². The van der Waals surface area contributed by atoms with Gasteiger partial charge in [0.2, 0.25) is 0 Å². The summed E-state index contributed by atoms with van der Waals surface area (Å²) in [6.45, 7) is 0.445. The van der Waals surface area contributed by atoms with Gasteiger partial charge in [-0.25, -0.2) is 0 Å². The molecular formula is C16H24O5S. The molecule has 1 fully saturated rings. The highest BCUT2D eigenvalue weighted by atomic mass is 32.2. The summed E-state index contributed by atoms with van der Waals surface area (Å²) in [6.07, 6.45) is -0.881. The van der Waals surface area contributed by atoms with Crippen LogP contribution in [0.3, 0.4) is 0 Å². The largest absolute Gasteiger partial charge is 0.382 e. The molecule has 0 bridgehead atoms. The number of benzene rings is 1. The van der Waals surface area contributed by atoms with E-state index in [0.717, 1.165) is 4.90 Å². The summed E-state index contributed by atoms with van der Waals surface area (Å²) < 4.78 is 28.3. The maximum atomic E-state index is 6.18. The molecule has 0 N–H and O–H groups in total. The van der Waals surface area contributed by atoms with E-state index in [0.29, 0.717) is 6.61 Å². The molecule has 1 aromatic carbocycles. The number of hydrogen-bond acceptors (Lipinski definition) is 6. The van der Waals surface area contributed by atoms with E-state index in [2.05, 4.69) is 12.1 Å². The minimum Gasteiger partial charge on any atom is -0.382 e. The summed E-state index contributed by atoms with van der Waals surface area (Å²) in [4.78, 5) is 1.12. The van der Waals surface area contributed by atoms with Crippen molar-refractivity contribution in [3.8, 4) is 0 Å². The molecule has 5 atom stereocenters. The van der Waals surface area contributed by atoms with Gasteiger partial charge < -0.3 is 23.7 Å². The van der Waals surface area contributed by atoms with Crippen molar-refractivity contribution >= 4 is 11.8 Å². The fourth-order valence-electron chi connectivity index (χ4n) is 2.71. The predicted octanol–water partition coefficient (Wildman–Crippen LogP) is 2.20. The van der Waals surface area contributed by atoms with E-state index in [9.17, 15) is 0 Å². The third-order valence-corrected chi connectivity index (χ3v) is 4.89. The lowest BCUT2D eigenvalue weighted by Crippen LogP contribution is -2.59. The van der Waals surface area contributed by atoms with Gasteiger partial charge in [0.15, 0.2) is 0 Å². The lowest BCUT2D eigenvalue weighted by atomic mass is 9.99. The van der Waals surface area contributed by atoms with Crippen molar-refractivity contribution in [3.05, 3.63) is 30.3 Å². The van der Waals surface area contributed by atoms with Crippen molar-refractivity contribution in [1.82, 2.24) is 0 Å². The van der Waals surface area contributed by atoms with Gasteiger partial charge in [-0.2, -0.15) is 0 Å². The highest BCUT2D eigenvalue weighted by molar-refractivity contribution is 7.99. The number of methoxy groups -OCH3 is 4. The van der Waals surface area contributed by atoms with E-state index in [-0.39, 0.29) is 29.9 Å². The summed E-state index contributed by atoms with van der Waals surface area (Å²) >= 11 is 1.62. The van der Waals surface area contributed by atoms with Crippen LogP contribution in [0.1, 0.15) is 0 Å². The zero-order chi connectivity index (χ0) is 15.9. The van der Waals surface area contributed by atoms with Crippen molar-refractivity contribution < 1.29 is 23.7 Å². The Hall–Kier alpha value is -0.630. The Kier molecular flexibility index (Phi) is 7.14. The zero-order valence-electron chi connectivity index (χ0n) is 13.4. The predicted molar refractivity (Wildman–Crippen MR) is 85.2 cm³/mol. The molecule has 6 heteroatoms. The molecule has 0 amide bonds. The first-order valence-corrected chi connectivity index (χ1v) is 8.07. The number of rotatable bonds is 7. The topological polar surface area (TPSA) is 46.2 Å². The van der Waals surface area contributed by atoms with Crippen LogP contribution >= 0.6 is 11.8 Å². The molecule has 0 spiro atoms. The summed E-state index contributed by atoms with van der Waals surface area (Å²) in [6, 6.07) is 10.1. The second-order valence-electron chi connectivity index (χ2n) is 5.03. The van der Waals surface area contributed by atoms with Gasteiger partial charge in [0.05, 0.1) is 6.61 Å². The Labute approximate surface area is 136 Å². The van der Waals surface area contributed by atoms with Crippen molar-refractivity contribution in [2.45, 2.75) is 34.7 Å². The van der Waals surface area contributed by atoms with Gasteiger partial charge >= 0.3 is 0 Å². The van der Waals surface area contributed by atoms with E-state index in [1.165, 1.54) is 0 Å². The molecule has 1 saturated heterocycles. The minimum absolute atomic E-state index is 0.191. The van der Waals surface area contributed by atoms with Gasteiger partial charge in [-0.3, -0.25) is 0 Å². The van der Waals surface area contributed by atoms with Crippen LogP contribution in [0.2, 0.25) is 0 Å². The summed E-state index contributed by atoms with van der Waals surface area (Å²) in [5.41, 5.74) is -0.191. The van der Waals surface area contributed by atoms with Crippen LogP contribution in [-0.4, -0.2) is 64.9 Å². The van der Waals surface area contributed by atoms with Crippen LogP contribution in [-0.2, 0) is 23.7 Å². The Morgan fingerprint density at radius 3 is 2.09 bits per heavy atom. The van der Waals surface area contributed by atoms with E-state index in [4.69, 9.17) is 23.7 Å². The van der Waals surface area contributed by atoms with Crippen molar-refractivity contribution in [3.63, 3.8) is 0 Å². The first-order chi connectivity index (χ1) is 10.7. The first-order valence-electron chi connectivity index (χ1n) is 7.19. The van der Waals surface area contributed by atoms with Gasteiger partial charge in [-0.1, -0.05) is 30.0 Å². The third kappa shape index (κ3) is 4.01. The maximum absolute atomic E-state index is 6.18. The molecule has 2 rings (SSSR count). The molecule has 0 saturated carbocycles. The molecule has 0 radical (unpaired) electrons. The molecule has 124 valence electrons. The maximum Gasteiger partial charge on any atom is 0.137 e. The molecule has 22 heavy (non-hydrogen) atoms. The summed E-state index contributed by atoms with van der Waals surface area (Å²) in [5, 5.41) is 0. The lowest BCUT2D eigenvalue weighted by Gasteiger charge is -2.44. The zero-order valence-corrected chi connectivity index (χ0v) is 14.2. The first kappa shape index (κ1) is 17.7. The van der Waals surface area contributed by atoms with Crippen LogP contribution in [0, 0.1) is 0 Å². The number of thioether (sulfide) groups is 1. The highest BCUT2D eigenvalue weighted by Crippen LogP contribution is 2.36. The van der Waals surface area contributed by atoms with E-state index >= 15 is 0 Å². The standard InChI is InChI=1S/C16H24O5S/c1-17-10-12-13(18-2)14(19-3)15(20-4)16(21-12)22-11-8-6-5-7-9-11/h5-9,12-16H,10H2,1-4H3/t12-,13-,14+,15-,16-/m1/s1. The fraction of sp³-hybridized carbons (Fsp3) is 0.625. The highest BCUT2D eigenvalue weighted by Gasteiger charge is 2.47. The molecule has 0 aromatic heterocycles. The molecular weight excluding hydrogens is 304 g/mol. The van der Waals surface area contributed by atoms with E-state index in [1.807, 2.05) is 18.2 Å². The molecule has 0 unspecified atom stereocenters. The quantitative estimate of drug-likeness (QED) is 0.765. The Balaban J connectivity index is 2.19. The third-order valence-electron chi connectivity index (χ3n) is 3.73. The summed E-state index contributed by atoms with van der Waals surface area (Å²) in [5.74, 6) is 0. The Morgan fingerprint density at radius 1 is 0.909 bits per heavy atom. The molecule has 1 aliphatic heterocycles. The fourth-order valence-corrected chi connectivity index (χ4v) is 3.89. The van der Waals surface area contributed by atoms with Crippen molar-refractivity contribution in [2.24, 2.45) is 0 Å². The van der Waals surface area contributed by atoms with Crippen LogP contribution in [0.15, 0.2) is 35.2 Å². The van der Waals surface area contributed by atoms with Gasteiger partial charge in [-0.15, -0.1) is 0 Å². The van der Waals surface area contributed by atoms with Crippen molar-refractivity contribution in [1.29, 1.82) is 0 Å². The van der Waals surface area contributed by atoms with Gasteiger partial charge in [-0.05, 0) is 12.1 Å². The second kappa shape index (κ2) is 8.86. The van der Waals surface area contributed by atoms with Crippen LogP contribution in [0.25, 0.3) is 0 Å². The van der Waals surface area contributed by atoms with Crippen molar-refractivity contribution in [2.75, 3.05) is 35.0 Å². The summed E-state index contributed by atoms with van der Waals surface area (Å²) in [7, 11) is 6.64. The van der Waals surface area contributed by atoms with Crippen LogP contribution in [0.4, 0.5) is 0 Å². The molecule has 1 aromatic rings. The van der Waals surface area contributed by atoms with Gasteiger partial charge in [0.1, 0.15) is 29.9 Å². The molecule has 1 heterocycles. The van der Waals surface area contributed by atoms with E-state index < -0.39 is 0 Å². The Morgan fingerprint density at radius 2 is 1.55 bits per heavy atom. The second-order valence-corrected chi connectivity index (χ2v) is 6.20. The monoisotopic (exact) mass is 328 g/mol. The smallest absolute Gasteiger partial charge is 0.137 e. The van der Waals surface area contributed by atoms with Gasteiger partial charge in [0.25, 0.3) is 0 Å². The molecule has 5 nitrogen and oxygen atoms in total.